The molecule has 468 valence electrons. The van der Waals surface area contributed by atoms with Crippen LogP contribution in [0.25, 0.3) is 0 Å². The Hall–Kier alpha value is -8.88. The van der Waals surface area contributed by atoms with E-state index >= 15 is 0 Å². The van der Waals surface area contributed by atoms with E-state index < -0.39 is 16.6 Å². The van der Waals surface area contributed by atoms with Crippen LogP contribution in [0.4, 0.5) is 44.6 Å². The first-order valence-corrected chi connectivity index (χ1v) is 31.2. The second kappa shape index (κ2) is 23.2. The summed E-state index contributed by atoms with van der Waals surface area (Å²) in [5.74, 6) is 0.297. The lowest BCUT2D eigenvalue weighted by atomic mass is 9.97. The number of halogens is 3. The van der Waals surface area contributed by atoms with Gasteiger partial charge in [-0.05, 0) is 226 Å². The van der Waals surface area contributed by atoms with Crippen molar-refractivity contribution in [1.82, 2.24) is 30.9 Å². The van der Waals surface area contributed by atoms with Crippen molar-refractivity contribution in [3.63, 3.8) is 0 Å². The monoisotopic (exact) mass is 1230 g/mol. The second-order valence-corrected chi connectivity index (χ2v) is 26.9. The minimum atomic E-state index is -0.734. The molecule has 6 fully saturated rings. The van der Waals surface area contributed by atoms with Crippen LogP contribution in [0.1, 0.15) is 182 Å². The lowest BCUT2D eigenvalue weighted by Crippen LogP contribution is -2.42. The number of pyridine rings is 3. The number of hydrogen-bond acceptors (Lipinski definition) is 12. The molecule has 3 aliphatic heterocycles. The molecule has 6 aromatic rings. The maximum absolute atomic E-state index is 13.1. The first-order valence-electron chi connectivity index (χ1n) is 31.2. The molecule has 0 spiro atoms. The Labute approximate surface area is 519 Å². The third-order valence-corrected chi connectivity index (χ3v) is 18.2. The molecule has 6 aliphatic carbocycles. The highest BCUT2D eigenvalue weighted by atomic mass is 19.1. The average molecular weight is 1230 g/mol. The van der Waals surface area contributed by atoms with E-state index in [9.17, 15) is 41.9 Å². The maximum Gasteiger partial charge on any atom is 0.414 e. The van der Waals surface area contributed by atoms with E-state index in [0.29, 0.717) is 71.8 Å². The van der Waals surface area contributed by atoms with Gasteiger partial charge in [-0.1, -0.05) is 0 Å². The smallest absolute Gasteiger partial charge is 0.414 e. The molecule has 15 rings (SSSR count). The summed E-state index contributed by atoms with van der Waals surface area (Å²) in [6.07, 6.45) is 8.01. The normalized spacial score (nSPS) is 22.0. The number of carbonyl (C=O) groups excluding carboxylic acids is 6. The Balaban J connectivity index is 0.000000124. The highest BCUT2D eigenvalue weighted by molar-refractivity contribution is 5.96. The Morgan fingerprint density at radius 2 is 0.633 bits per heavy atom. The quantitative estimate of drug-likeness (QED) is 0.0976. The standard InChI is InChI=1S/3C23H24FN3O3/c3*1-23(2,26-21(28)13-3-5-15(24)6-4-13)19-10-9-18-20(25-19)17-11-14(17)12-27(18)22(29)30-16-7-8-16/h3*3-6,9-10,14,16-17H,7-8,11-12H2,1-2H3,(H,26,28)/t2*14-,17-;/m10./s1. The van der Waals surface area contributed by atoms with Crippen LogP contribution >= 0.6 is 0 Å². The van der Waals surface area contributed by atoms with E-state index in [-0.39, 0.29) is 71.8 Å². The van der Waals surface area contributed by atoms with Crippen molar-refractivity contribution in [3.8, 4) is 0 Å². The minimum absolute atomic E-state index is 0.0608. The molecule has 3 aromatic heterocycles. The third kappa shape index (κ3) is 13.1. The number of benzene rings is 3. The number of carbonyl (C=O) groups is 6. The number of fused-ring (bicyclic) bond motifs is 9. The molecule has 6 amide bonds. The topological polar surface area (TPSA) is 215 Å². The SMILES string of the molecule is CC(C)(NC(=O)c1ccc(F)cc1)c1ccc2c(n1)C1CC1CN2C(=O)OC1CC1.CC(C)(NC(=O)c1ccc(F)cc1)c1ccc2c(n1)[C@@H]1C[C@@H]1CN2C(=O)OC1CC1.CC(C)(NC(=O)c1ccc(F)cc1)c1ccc2c(n1)[C@H]1C[C@H]1CN2C(=O)OC1CC1. The number of nitrogens with one attached hydrogen (secondary N) is 3. The van der Waals surface area contributed by atoms with E-state index in [1.54, 1.807) is 14.7 Å². The molecule has 2 unspecified atom stereocenters. The number of amides is 6. The molecule has 0 bridgehead atoms. The van der Waals surface area contributed by atoms with Crippen LogP contribution in [-0.2, 0) is 30.8 Å². The zero-order valence-corrected chi connectivity index (χ0v) is 51.1. The highest BCUT2D eigenvalue weighted by Gasteiger charge is 2.52. The molecule has 9 aliphatic rings. The Morgan fingerprint density at radius 1 is 0.389 bits per heavy atom. The van der Waals surface area contributed by atoms with Gasteiger partial charge in [0.2, 0.25) is 0 Å². The van der Waals surface area contributed by atoms with Gasteiger partial charge >= 0.3 is 18.3 Å². The van der Waals surface area contributed by atoms with Gasteiger partial charge in [0.15, 0.2) is 0 Å². The lowest BCUT2D eigenvalue weighted by molar-refractivity contribution is 0.0901. The molecule has 90 heavy (non-hydrogen) atoms. The summed E-state index contributed by atoms with van der Waals surface area (Å²) < 4.78 is 55.9. The molecular formula is C69H72F3N9O9. The molecule has 6 heterocycles. The van der Waals surface area contributed by atoms with E-state index in [0.717, 1.165) is 109 Å². The van der Waals surface area contributed by atoms with Crippen LogP contribution in [0, 0.1) is 35.2 Å². The molecule has 6 saturated carbocycles. The van der Waals surface area contributed by atoms with Crippen LogP contribution in [0.2, 0.25) is 0 Å². The van der Waals surface area contributed by atoms with Crippen molar-refractivity contribution in [2.24, 2.45) is 17.8 Å². The fraction of sp³-hybridized carbons (Fsp3) is 0.435. The van der Waals surface area contributed by atoms with Gasteiger partial charge in [0.25, 0.3) is 17.7 Å². The van der Waals surface area contributed by atoms with Crippen molar-refractivity contribution in [1.29, 1.82) is 0 Å². The number of anilines is 3. The zero-order valence-electron chi connectivity index (χ0n) is 51.1. The summed E-state index contributed by atoms with van der Waals surface area (Å²) in [4.78, 5) is 95.4. The molecule has 0 saturated heterocycles. The van der Waals surface area contributed by atoms with Crippen molar-refractivity contribution in [2.75, 3.05) is 34.3 Å². The largest absolute Gasteiger partial charge is 0.446 e. The van der Waals surface area contributed by atoms with Crippen molar-refractivity contribution < 1.29 is 56.1 Å². The summed E-state index contributed by atoms with van der Waals surface area (Å²) in [7, 11) is 0. The van der Waals surface area contributed by atoms with Gasteiger partial charge in [-0.3, -0.25) is 44.0 Å². The number of rotatable bonds is 12. The molecule has 18 nitrogen and oxygen atoms in total. The summed E-state index contributed by atoms with van der Waals surface area (Å²) in [5, 5.41) is 8.95. The predicted molar refractivity (Wildman–Crippen MR) is 326 cm³/mol. The van der Waals surface area contributed by atoms with Crippen molar-refractivity contribution in [2.45, 2.75) is 152 Å². The van der Waals surface area contributed by atoms with Gasteiger partial charge in [0.05, 0.1) is 67.8 Å². The van der Waals surface area contributed by atoms with Crippen LogP contribution in [0.15, 0.2) is 109 Å². The first kappa shape index (κ1) is 60.1. The van der Waals surface area contributed by atoms with Crippen LogP contribution in [0.5, 0.6) is 0 Å². The summed E-state index contributed by atoms with van der Waals surface area (Å²) in [6, 6.07) is 27.6. The van der Waals surface area contributed by atoms with Gasteiger partial charge in [0, 0.05) is 54.1 Å². The molecular weight excluding hydrogens is 1160 g/mol. The first-order chi connectivity index (χ1) is 42.9. The molecule has 0 radical (unpaired) electrons. The van der Waals surface area contributed by atoms with E-state index in [4.69, 9.17) is 29.2 Å². The number of ether oxygens (including phenoxy) is 3. The summed E-state index contributed by atoms with van der Waals surface area (Å²) in [5.41, 5.74) is 6.26. The second-order valence-electron chi connectivity index (χ2n) is 26.9. The van der Waals surface area contributed by atoms with E-state index in [1.165, 1.54) is 72.8 Å². The van der Waals surface area contributed by atoms with E-state index in [1.807, 2.05) is 77.9 Å². The lowest BCUT2D eigenvalue weighted by Gasteiger charge is -2.31. The summed E-state index contributed by atoms with van der Waals surface area (Å²) in [6.45, 7) is 13.3. The number of nitrogens with zero attached hydrogens (tertiary/aromatic N) is 6. The highest BCUT2D eigenvalue weighted by Crippen LogP contribution is 2.57. The van der Waals surface area contributed by atoms with E-state index in [2.05, 4.69) is 16.0 Å². The van der Waals surface area contributed by atoms with Crippen molar-refractivity contribution >= 4 is 53.1 Å². The molecule has 6 atom stereocenters. The molecule has 3 N–H and O–H groups in total. The Kier molecular flexibility index (Phi) is 15.5. The fourth-order valence-electron chi connectivity index (χ4n) is 12.1. The maximum atomic E-state index is 13.1. The third-order valence-electron chi connectivity index (χ3n) is 18.2. The Morgan fingerprint density at radius 3 is 0.867 bits per heavy atom. The average Bonchev–Trinajstić information content (AvgIpc) is 1.63. The summed E-state index contributed by atoms with van der Waals surface area (Å²) >= 11 is 0. The number of aromatic nitrogens is 3. The zero-order chi connectivity index (χ0) is 63.1. The fourth-order valence-corrected chi connectivity index (χ4v) is 12.1. The minimum Gasteiger partial charge on any atom is -0.446 e. The molecule has 3 aromatic carbocycles. The predicted octanol–water partition coefficient (Wildman–Crippen LogP) is 12.3. The molecule has 21 heteroatoms. The van der Waals surface area contributed by atoms with Gasteiger partial charge in [-0.15, -0.1) is 0 Å². The van der Waals surface area contributed by atoms with Gasteiger partial charge in [-0.2, -0.15) is 0 Å². The van der Waals surface area contributed by atoms with Crippen LogP contribution < -0.4 is 30.7 Å². The van der Waals surface area contributed by atoms with Gasteiger partial charge in [0.1, 0.15) is 35.8 Å². The Bertz CT molecular complexity index is 3440. The van der Waals surface area contributed by atoms with Gasteiger partial charge < -0.3 is 30.2 Å². The van der Waals surface area contributed by atoms with Crippen LogP contribution in [0.3, 0.4) is 0 Å². The van der Waals surface area contributed by atoms with Crippen molar-refractivity contribution in [3.05, 3.63) is 178 Å². The van der Waals surface area contributed by atoms with Crippen LogP contribution in [-0.4, -0.2) is 88.9 Å². The van der Waals surface area contributed by atoms with Gasteiger partial charge in [-0.25, -0.2) is 27.6 Å². The number of hydrogen-bond donors (Lipinski definition) is 3.